The first-order valence-corrected chi connectivity index (χ1v) is 7.03. The zero-order chi connectivity index (χ0) is 12.6. The van der Waals surface area contributed by atoms with Gasteiger partial charge in [0.15, 0.2) is 0 Å². The Morgan fingerprint density at radius 1 is 1.22 bits per heavy atom. The highest BCUT2D eigenvalue weighted by atomic mass is 16.5. The number of fused-ring (bicyclic) bond motifs is 1. The predicted molar refractivity (Wildman–Crippen MR) is 76.5 cm³/mol. The summed E-state index contributed by atoms with van der Waals surface area (Å²) in [6.45, 7) is 4.22. The van der Waals surface area contributed by atoms with Crippen LogP contribution >= 0.6 is 0 Å². The van der Waals surface area contributed by atoms with Crippen LogP contribution in [0.2, 0.25) is 0 Å². The molecule has 0 saturated carbocycles. The van der Waals surface area contributed by atoms with Crippen molar-refractivity contribution in [2.45, 2.75) is 25.7 Å². The fourth-order valence-corrected chi connectivity index (χ4v) is 2.41. The van der Waals surface area contributed by atoms with E-state index in [4.69, 9.17) is 4.74 Å². The maximum Gasteiger partial charge on any atom is 0.142 e. The average Bonchev–Trinajstić information content (AvgIpc) is 2.61. The van der Waals surface area contributed by atoms with Gasteiger partial charge in [-0.2, -0.15) is 0 Å². The molecule has 0 saturated heterocycles. The molecule has 0 atom stereocenters. The first-order chi connectivity index (χ1) is 8.92. The Balaban J connectivity index is 1.88. The Bertz CT molecular complexity index is 354. The van der Waals surface area contributed by atoms with Gasteiger partial charge in [-0.25, -0.2) is 0 Å². The van der Waals surface area contributed by atoms with E-state index < -0.39 is 0 Å². The van der Waals surface area contributed by atoms with Crippen LogP contribution in [0.5, 0.6) is 5.75 Å². The third kappa shape index (κ3) is 3.64. The monoisotopic (exact) mass is 248 g/mol. The highest BCUT2D eigenvalue weighted by Crippen LogP contribution is 2.30. The lowest BCUT2D eigenvalue weighted by Crippen LogP contribution is -2.25. The van der Waals surface area contributed by atoms with Crippen LogP contribution in [0.3, 0.4) is 0 Å². The van der Waals surface area contributed by atoms with E-state index in [0.29, 0.717) is 0 Å². The van der Waals surface area contributed by atoms with E-state index in [1.54, 1.807) is 0 Å². The summed E-state index contributed by atoms with van der Waals surface area (Å²) in [5.41, 5.74) is 1.27. The molecule has 2 rings (SSSR count). The maximum absolute atomic E-state index is 5.77. The van der Waals surface area contributed by atoms with Crippen LogP contribution in [-0.4, -0.2) is 33.3 Å². The van der Waals surface area contributed by atoms with Crippen molar-refractivity contribution in [1.82, 2.24) is 5.32 Å². The van der Waals surface area contributed by atoms with Crippen molar-refractivity contribution in [3.05, 3.63) is 24.3 Å². The third-order valence-electron chi connectivity index (χ3n) is 3.39. The number of hydrogen-bond acceptors (Lipinski definition) is 3. The minimum Gasteiger partial charge on any atom is -0.491 e. The van der Waals surface area contributed by atoms with Crippen molar-refractivity contribution in [3.8, 4) is 5.75 Å². The molecule has 1 aliphatic rings. The molecule has 1 aromatic rings. The lowest BCUT2D eigenvalue weighted by molar-refractivity contribution is 0.322. The Morgan fingerprint density at radius 3 is 3.00 bits per heavy atom. The van der Waals surface area contributed by atoms with Gasteiger partial charge >= 0.3 is 0 Å². The predicted octanol–water partition coefficient (Wildman–Crippen LogP) is 2.67. The second kappa shape index (κ2) is 7.27. The summed E-state index contributed by atoms with van der Waals surface area (Å²) >= 11 is 0. The molecule has 1 heterocycles. The van der Waals surface area contributed by atoms with E-state index >= 15 is 0 Å². The van der Waals surface area contributed by atoms with Gasteiger partial charge in [0.05, 0.1) is 12.3 Å². The molecular weight excluding hydrogens is 224 g/mol. The van der Waals surface area contributed by atoms with Crippen LogP contribution in [-0.2, 0) is 0 Å². The van der Waals surface area contributed by atoms with Crippen LogP contribution in [0, 0.1) is 0 Å². The first-order valence-electron chi connectivity index (χ1n) is 7.03. The molecule has 100 valence electrons. The standard InChI is InChI=1S/C15H24N2O/c1-16-10-5-2-6-11-17-12-7-13-18-15-9-4-3-8-14(15)17/h3-4,8-9,16H,2,5-7,10-13H2,1H3. The molecule has 1 aromatic carbocycles. The van der Waals surface area contributed by atoms with E-state index in [2.05, 4.69) is 34.5 Å². The Hall–Kier alpha value is -1.22. The number of benzene rings is 1. The highest BCUT2D eigenvalue weighted by Gasteiger charge is 2.14. The lowest BCUT2D eigenvalue weighted by Gasteiger charge is -2.23. The SMILES string of the molecule is CNCCCCCN1CCCOc2ccccc21. The molecule has 0 unspecified atom stereocenters. The number of unbranched alkanes of at least 4 members (excludes halogenated alkanes) is 2. The van der Waals surface area contributed by atoms with Crippen LogP contribution in [0.1, 0.15) is 25.7 Å². The molecule has 3 nitrogen and oxygen atoms in total. The number of ether oxygens (including phenoxy) is 1. The summed E-state index contributed by atoms with van der Waals surface area (Å²) < 4.78 is 5.77. The van der Waals surface area contributed by atoms with Crippen molar-refractivity contribution in [1.29, 1.82) is 0 Å². The highest BCUT2D eigenvalue weighted by molar-refractivity contribution is 5.58. The molecular formula is C15H24N2O. The molecule has 3 heteroatoms. The van der Waals surface area contributed by atoms with Crippen molar-refractivity contribution in [2.75, 3.05) is 38.2 Å². The van der Waals surface area contributed by atoms with Crippen LogP contribution in [0.4, 0.5) is 5.69 Å². The molecule has 0 fully saturated rings. The largest absolute Gasteiger partial charge is 0.491 e. The summed E-state index contributed by atoms with van der Waals surface area (Å²) in [6.07, 6.45) is 4.93. The van der Waals surface area contributed by atoms with Crippen molar-refractivity contribution < 1.29 is 4.74 Å². The number of hydrogen-bond donors (Lipinski definition) is 1. The van der Waals surface area contributed by atoms with Gasteiger partial charge in [-0.1, -0.05) is 18.6 Å². The van der Waals surface area contributed by atoms with Crippen molar-refractivity contribution in [2.24, 2.45) is 0 Å². The van der Waals surface area contributed by atoms with Gasteiger partial charge in [0.25, 0.3) is 0 Å². The second-order valence-electron chi connectivity index (χ2n) is 4.82. The molecule has 18 heavy (non-hydrogen) atoms. The van der Waals surface area contributed by atoms with Crippen LogP contribution in [0.15, 0.2) is 24.3 Å². The normalized spacial score (nSPS) is 14.8. The molecule has 1 aliphatic heterocycles. The molecule has 0 aliphatic carbocycles. The molecule has 0 spiro atoms. The van der Waals surface area contributed by atoms with Gasteiger partial charge in [-0.15, -0.1) is 0 Å². The number of nitrogens with zero attached hydrogens (tertiary/aromatic N) is 1. The van der Waals surface area contributed by atoms with Gasteiger partial charge in [-0.3, -0.25) is 0 Å². The zero-order valence-electron chi connectivity index (χ0n) is 11.3. The third-order valence-corrected chi connectivity index (χ3v) is 3.39. The first kappa shape index (κ1) is 13.2. The molecule has 0 radical (unpaired) electrons. The van der Waals surface area contributed by atoms with E-state index in [-0.39, 0.29) is 0 Å². The number of nitrogens with one attached hydrogen (secondary N) is 1. The van der Waals surface area contributed by atoms with Crippen molar-refractivity contribution in [3.63, 3.8) is 0 Å². The second-order valence-corrected chi connectivity index (χ2v) is 4.82. The smallest absolute Gasteiger partial charge is 0.142 e. The molecule has 1 N–H and O–H groups in total. The van der Waals surface area contributed by atoms with Crippen LogP contribution in [0.25, 0.3) is 0 Å². The topological polar surface area (TPSA) is 24.5 Å². The summed E-state index contributed by atoms with van der Waals surface area (Å²) in [6, 6.07) is 8.40. The average molecular weight is 248 g/mol. The number of para-hydroxylation sites is 2. The quantitative estimate of drug-likeness (QED) is 0.783. The Kier molecular flexibility index (Phi) is 5.34. The maximum atomic E-state index is 5.77. The Morgan fingerprint density at radius 2 is 2.11 bits per heavy atom. The minimum atomic E-state index is 0.841. The van der Waals surface area contributed by atoms with Crippen LogP contribution < -0.4 is 15.0 Å². The zero-order valence-corrected chi connectivity index (χ0v) is 11.3. The lowest BCUT2D eigenvalue weighted by atomic mass is 10.2. The summed E-state index contributed by atoms with van der Waals surface area (Å²) in [7, 11) is 2.02. The Labute approximate surface area is 110 Å². The fourth-order valence-electron chi connectivity index (χ4n) is 2.41. The van der Waals surface area contributed by atoms with E-state index in [0.717, 1.165) is 38.4 Å². The van der Waals surface area contributed by atoms with Gasteiger partial charge in [0.2, 0.25) is 0 Å². The molecule has 0 bridgehead atoms. The minimum absolute atomic E-state index is 0.841. The van der Waals surface area contributed by atoms with E-state index in [1.165, 1.54) is 24.9 Å². The van der Waals surface area contributed by atoms with E-state index in [1.807, 2.05) is 7.05 Å². The fraction of sp³-hybridized carbons (Fsp3) is 0.600. The summed E-state index contributed by atoms with van der Waals surface area (Å²) in [5.74, 6) is 1.05. The van der Waals surface area contributed by atoms with Crippen molar-refractivity contribution >= 4 is 5.69 Å². The summed E-state index contributed by atoms with van der Waals surface area (Å²) in [5, 5.41) is 3.20. The van der Waals surface area contributed by atoms with Gasteiger partial charge in [0, 0.05) is 13.1 Å². The molecule has 0 aromatic heterocycles. The van der Waals surface area contributed by atoms with E-state index in [9.17, 15) is 0 Å². The molecule has 0 amide bonds. The number of rotatable bonds is 6. The summed E-state index contributed by atoms with van der Waals surface area (Å²) in [4.78, 5) is 2.47. The van der Waals surface area contributed by atoms with Gasteiger partial charge < -0.3 is 15.0 Å². The van der Waals surface area contributed by atoms with Gasteiger partial charge in [0.1, 0.15) is 5.75 Å². The van der Waals surface area contributed by atoms with Gasteiger partial charge in [-0.05, 0) is 45.0 Å². The number of anilines is 1.